The smallest absolute Gasteiger partial charge is 0.216 e. The molecule has 0 amide bonds. The maximum absolute atomic E-state index is 12.1. The monoisotopic (exact) mass is 279 g/mol. The van der Waals surface area contributed by atoms with E-state index in [9.17, 15) is 8.42 Å². The molecule has 0 aliphatic heterocycles. The lowest BCUT2D eigenvalue weighted by molar-refractivity contribution is 0.518. The van der Waals surface area contributed by atoms with E-state index < -0.39 is 10.0 Å². The highest BCUT2D eigenvalue weighted by molar-refractivity contribution is 7.88. The van der Waals surface area contributed by atoms with Crippen LogP contribution < -0.4 is 10.5 Å². The molecular weight excluding hydrogens is 262 g/mol. The van der Waals surface area contributed by atoms with Crippen LogP contribution in [0.1, 0.15) is 24.0 Å². The van der Waals surface area contributed by atoms with Gasteiger partial charge in [0.05, 0.1) is 17.4 Å². The molecule has 0 heterocycles. The Morgan fingerprint density at radius 1 is 1.47 bits per heavy atom. The molecule has 6 heteroatoms. The maximum Gasteiger partial charge on any atom is 0.216 e. The molecule has 1 saturated carbocycles. The molecule has 102 valence electrons. The van der Waals surface area contributed by atoms with Crippen molar-refractivity contribution in [1.82, 2.24) is 4.72 Å². The van der Waals surface area contributed by atoms with Gasteiger partial charge < -0.3 is 5.73 Å². The Hall–Kier alpha value is -1.42. The summed E-state index contributed by atoms with van der Waals surface area (Å²) in [6, 6.07) is 8.46. The van der Waals surface area contributed by atoms with Crippen molar-refractivity contribution in [2.75, 3.05) is 6.54 Å². The fourth-order valence-corrected chi connectivity index (χ4v) is 3.51. The van der Waals surface area contributed by atoms with Gasteiger partial charge in [0.25, 0.3) is 0 Å². The SMILES string of the molecule is N#Cc1cccc(CS(=O)(=O)NC(CN)C2CC2)c1. The van der Waals surface area contributed by atoms with Crippen LogP contribution in [0.2, 0.25) is 0 Å². The zero-order chi connectivity index (χ0) is 13.9. The van der Waals surface area contributed by atoms with Crippen LogP contribution in [-0.4, -0.2) is 21.0 Å². The quantitative estimate of drug-likeness (QED) is 0.801. The molecule has 19 heavy (non-hydrogen) atoms. The van der Waals surface area contributed by atoms with Gasteiger partial charge in [0, 0.05) is 12.6 Å². The first-order valence-electron chi connectivity index (χ1n) is 6.23. The molecule has 1 atom stereocenters. The standard InChI is InChI=1S/C13H17N3O2S/c14-7-10-2-1-3-11(6-10)9-19(17,18)16-13(8-15)12-4-5-12/h1-3,6,12-13,16H,4-5,8-9,15H2. The molecule has 2 rings (SSSR count). The summed E-state index contributed by atoms with van der Waals surface area (Å²) in [4.78, 5) is 0. The maximum atomic E-state index is 12.1. The second kappa shape index (κ2) is 5.70. The lowest BCUT2D eigenvalue weighted by Crippen LogP contribution is -2.42. The minimum absolute atomic E-state index is 0.119. The summed E-state index contributed by atoms with van der Waals surface area (Å²) in [5.41, 5.74) is 6.66. The minimum Gasteiger partial charge on any atom is -0.329 e. The number of hydrogen-bond donors (Lipinski definition) is 2. The lowest BCUT2D eigenvalue weighted by atomic mass is 10.2. The van der Waals surface area contributed by atoms with Crippen molar-refractivity contribution >= 4 is 10.0 Å². The van der Waals surface area contributed by atoms with E-state index in [1.807, 2.05) is 6.07 Å². The number of nitrogens with two attached hydrogens (primary N) is 1. The van der Waals surface area contributed by atoms with Crippen LogP contribution >= 0.6 is 0 Å². The average Bonchev–Trinajstić information content (AvgIpc) is 3.20. The van der Waals surface area contributed by atoms with Gasteiger partial charge in [-0.15, -0.1) is 0 Å². The number of sulfonamides is 1. The first kappa shape index (κ1) is 14.0. The fourth-order valence-electron chi connectivity index (χ4n) is 2.06. The Labute approximate surface area is 113 Å². The highest BCUT2D eigenvalue weighted by Gasteiger charge is 2.32. The van der Waals surface area contributed by atoms with Gasteiger partial charge in [-0.05, 0) is 36.5 Å². The van der Waals surface area contributed by atoms with Gasteiger partial charge in [-0.25, -0.2) is 13.1 Å². The highest BCUT2D eigenvalue weighted by atomic mass is 32.2. The molecule has 0 spiro atoms. The van der Waals surface area contributed by atoms with Gasteiger partial charge in [0.2, 0.25) is 10.0 Å². The molecule has 3 N–H and O–H groups in total. The Balaban J connectivity index is 2.05. The van der Waals surface area contributed by atoms with E-state index in [0.29, 0.717) is 23.6 Å². The van der Waals surface area contributed by atoms with Gasteiger partial charge in [0.15, 0.2) is 0 Å². The second-order valence-electron chi connectivity index (χ2n) is 4.87. The van der Waals surface area contributed by atoms with Crippen LogP contribution in [0.5, 0.6) is 0 Å². The number of hydrogen-bond acceptors (Lipinski definition) is 4. The van der Waals surface area contributed by atoms with Crippen molar-refractivity contribution in [3.05, 3.63) is 35.4 Å². The van der Waals surface area contributed by atoms with E-state index >= 15 is 0 Å². The van der Waals surface area contributed by atoms with Gasteiger partial charge >= 0.3 is 0 Å². The van der Waals surface area contributed by atoms with Crippen LogP contribution in [0.25, 0.3) is 0 Å². The molecule has 1 aliphatic rings. The van der Waals surface area contributed by atoms with Gasteiger partial charge in [-0.1, -0.05) is 12.1 Å². The minimum atomic E-state index is -3.42. The molecule has 1 unspecified atom stereocenters. The third-order valence-electron chi connectivity index (χ3n) is 3.19. The van der Waals surface area contributed by atoms with Crippen LogP contribution in [0.3, 0.4) is 0 Å². The summed E-state index contributed by atoms with van der Waals surface area (Å²) in [5.74, 6) is 0.261. The Bertz CT molecular complexity index is 588. The summed E-state index contributed by atoms with van der Waals surface area (Å²) in [6.07, 6.45) is 2.07. The zero-order valence-electron chi connectivity index (χ0n) is 10.5. The van der Waals surface area contributed by atoms with Crippen molar-refractivity contribution in [3.63, 3.8) is 0 Å². The first-order valence-corrected chi connectivity index (χ1v) is 7.88. The van der Waals surface area contributed by atoms with Gasteiger partial charge in [0.1, 0.15) is 0 Å². The summed E-state index contributed by atoms with van der Waals surface area (Å²) in [5, 5.41) is 8.79. The van der Waals surface area contributed by atoms with Crippen molar-refractivity contribution < 1.29 is 8.42 Å². The number of nitrogens with one attached hydrogen (secondary N) is 1. The van der Waals surface area contributed by atoms with Crippen molar-refractivity contribution in [2.45, 2.75) is 24.6 Å². The molecule has 5 nitrogen and oxygen atoms in total. The Morgan fingerprint density at radius 3 is 2.79 bits per heavy atom. The molecule has 0 bridgehead atoms. The normalized spacial score (nSPS) is 16.8. The molecule has 0 saturated heterocycles. The van der Waals surface area contributed by atoms with E-state index in [1.54, 1.807) is 24.3 Å². The topological polar surface area (TPSA) is 96.0 Å². The second-order valence-corrected chi connectivity index (χ2v) is 6.62. The van der Waals surface area contributed by atoms with E-state index in [0.717, 1.165) is 12.8 Å². The van der Waals surface area contributed by atoms with Crippen molar-refractivity contribution in [2.24, 2.45) is 11.7 Å². The predicted octanol–water partition coefficient (Wildman–Crippen LogP) is 0.715. The fraction of sp³-hybridized carbons (Fsp3) is 0.462. The van der Waals surface area contributed by atoms with Crippen LogP contribution in [0, 0.1) is 17.2 Å². The number of benzene rings is 1. The summed E-state index contributed by atoms with van der Waals surface area (Å²) < 4.78 is 26.8. The number of nitriles is 1. The summed E-state index contributed by atoms with van der Waals surface area (Å²) >= 11 is 0. The molecule has 1 aliphatic carbocycles. The average molecular weight is 279 g/mol. The largest absolute Gasteiger partial charge is 0.329 e. The number of nitrogens with zero attached hydrogens (tertiary/aromatic N) is 1. The lowest BCUT2D eigenvalue weighted by Gasteiger charge is -2.16. The Morgan fingerprint density at radius 2 is 2.21 bits per heavy atom. The predicted molar refractivity (Wildman–Crippen MR) is 72.5 cm³/mol. The van der Waals surface area contributed by atoms with E-state index in [-0.39, 0.29) is 11.8 Å². The molecule has 1 aromatic carbocycles. The van der Waals surface area contributed by atoms with Crippen LogP contribution in [0.4, 0.5) is 0 Å². The van der Waals surface area contributed by atoms with Crippen LogP contribution in [0.15, 0.2) is 24.3 Å². The van der Waals surface area contributed by atoms with E-state index in [1.165, 1.54) is 0 Å². The third kappa shape index (κ3) is 4.03. The summed E-state index contributed by atoms with van der Waals surface area (Å²) in [6.45, 7) is 0.322. The Kier molecular flexibility index (Phi) is 4.20. The third-order valence-corrected chi connectivity index (χ3v) is 4.56. The van der Waals surface area contributed by atoms with Gasteiger partial charge in [-0.2, -0.15) is 5.26 Å². The highest BCUT2D eigenvalue weighted by Crippen LogP contribution is 2.32. The van der Waals surface area contributed by atoms with Crippen molar-refractivity contribution in [1.29, 1.82) is 5.26 Å². The van der Waals surface area contributed by atoms with Crippen molar-refractivity contribution in [3.8, 4) is 6.07 Å². The van der Waals surface area contributed by atoms with E-state index in [4.69, 9.17) is 11.0 Å². The van der Waals surface area contributed by atoms with Crippen LogP contribution in [-0.2, 0) is 15.8 Å². The molecule has 1 aromatic rings. The number of rotatable bonds is 6. The molecule has 0 radical (unpaired) electrons. The zero-order valence-corrected chi connectivity index (χ0v) is 11.4. The molecular formula is C13H17N3O2S. The molecule has 0 aromatic heterocycles. The first-order chi connectivity index (χ1) is 9.04. The van der Waals surface area contributed by atoms with Gasteiger partial charge in [-0.3, -0.25) is 0 Å². The van der Waals surface area contributed by atoms with E-state index in [2.05, 4.69) is 4.72 Å². The summed E-state index contributed by atoms with van der Waals surface area (Å²) in [7, 11) is -3.42. The molecule has 1 fully saturated rings.